The number of carbonyl (C=O) groups is 1. The quantitative estimate of drug-likeness (QED) is 0.513. The molecule has 0 saturated carbocycles. The van der Waals surface area contributed by atoms with E-state index in [9.17, 15) is 4.79 Å². The van der Waals surface area contributed by atoms with Crippen molar-refractivity contribution in [2.45, 2.75) is 72.1 Å². The molecule has 0 radical (unpaired) electrons. The topological polar surface area (TPSA) is 20.3 Å². The van der Waals surface area contributed by atoms with E-state index in [1.807, 2.05) is 12.1 Å². The van der Waals surface area contributed by atoms with Gasteiger partial charge in [-0.1, -0.05) is 65.5 Å². The third-order valence-corrected chi connectivity index (χ3v) is 4.17. The van der Waals surface area contributed by atoms with E-state index in [1.54, 1.807) is 0 Å². The largest absolute Gasteiger partial charge is 0.339 e. The standard InChI is InChI=1S/C20H33NO/c1-5-7-9-15-21(16-10-8-6-2)20(22)19-13-11-18(12-14-19)17(3)4/h11-14,17H,5-10,15-16H2,1-4H3. The van der Waals surface area contributed by atoms with Crippen molar-refractivity contribution in [3.63, 3.8) is 0 Å². The molecule has 0 aliphatic heterocycles. The Morgan fingerprint density at radius 2 is 1.41 bits per heavy atom. The van der Waals surface area contributed by atoms with Crippen LogP contribution in [0.25, 0.3) is 0 Å². The van der Waals surface area contributed by atoms with Gasteiger partial charge in [0.2, 0.25) is 0 Å². The predicted molar refractivity (Wildman–Crippen MR) is 95.5 cm³/mol. The maximum absolute atomic E-state index is 12.7. The molecule has 124 valence electrons. The molecule has 0 bridgehead atoms. The van der Waals surface area contributed by atoms with E-state index < -0.39 is 0 Å². The minimum Gasteiger partial charge on any atom is -0.339 e. The summed E-state index contributed by atoms with van der Waals surface area (Å²) in [5.41, 5.74) is 2.12. The SMILES string of the molecule is CCCCCN(CCCCC)C(=O)c1ccc(C(C)C)cc1. The van der Waals surface area contributed by atoms with E-state index >= 15 is 0 Å². The first kappa shape index (κ1) is 18.7. The second kappa shape index (κ2) is 10.4. The number of rotatable bonds is 10. The molecular weight excluding hydrogens is 270 g/mol. The van der Waals surface area contributed by atoms with Gasteiger partial charge in [0.15, 0.2) is 0 Å². The van der Waals surface area contributed by atoms with Crippen molar-refractivity contribution in [1.29, 1.82) is 0 Å². The number of amides is 1. The van der Waals surface area contributed by atoms with Crippen molar-refractivity contribution in [2.24, 2.45) is 0 Å². The van der Waals surface area contributed by atoms with Crippen LogP contribution in [0.3, 0.4) is 0 Å². The van der Waals surface area contributed by atoms with Crippen LogP contribution in [-0.2, 0) is 0 Å². The number of hydrogen-bond acceptors (Lipinski definition) is 1. The van der Waals surface area contributed by atoms with Crippen molar-refractivity contribution in [3.05, 3.63) is 35.4 Å². The summed E-state index contributed by atoms with van der Waals surface area (Å²) in [5.74, 6) is 0.705. The highest BCUT2D eigenvalue weighted by atomic mass is 16.2. The Bertz CT molecular complexity index is 412. The summed E-state index contributed by atoms with van der Waals surface area (Å²) in [4.78, 5) is 14.8. The van der Waals surface area contributed by atoms with Gasteiger partial charge in [-0.2, -0.15) is 0 Å². The summed E-state index contributed by atoms with van der Waals surface area (Å²) >= 11 is 0. The van der Waals surface area contributed by atoms with E-state index in [0.717, 1.165) is 31.5 Å². The zero-order valence-electron chi connectivity index (χ0n) is 14.9. The zero-order chi connectivity index (χ0) is 16.4. The van der Waals surface area contributed by atoms with E-state index in [2.05, 4.69) is 44.7 Å². The normalized spacial score (nSPS) is 11.0. The molecule has 1 amide bonds. The Hall–Kier alpha value is -1.31. The smallest absolute Gasteiger partial charge is 0.253 e. The lowest BCUT2D eigenvalue weighted by Gasteiger charge is -2.23. The molecule has 0 unspecified atom stereocenters. The molecule has 0 aliphatic carbocycles. The van der Waals surface area contributed by atoms with Crippen LogP contribution < -0.4 is 0 Å². The number of hydrogen-bond donors (Lipinski definition) is 0. The second-order valence-electron chi connectivity index (χ2n) is 6.48. The summed E-state index contributed by atoms with van der Waals surface area (Å²) in [6.45, 7) is 10.5. The third-order valence-electron chi connectivity index (χ3n) is 4.17. The monoisotopic (exact) mass is 303 g/mol. The van der Waals surface area contributed by atoms with Crippen molar-refractivity contribution in [1.82, 2.24) is 4.90 Å². The lowest BCUT2D eigenvalue weighted by molar-refractivity contribution is 0.0749. The predicted octanol–water partition coefficient (Wildman–Crippen LogP) is 5.63. The van der Waals surface area contributed by atoms with Gasteiger partial charge in [0, 0.05) is 18.7 Å². The van der Waals surface area contributed by atoms with Gasteiger partial charge in [0.05, 0.1) is 0 Å². The van der Waals surface area contributed by atoms with E-state index in [0.29, 0.717) is 5.92 Å². The molecule has 22 heavy (non-hydrogen) atoms. The van der Waals surface area contributed by atoms with Gasteiger partial charge in [-0.25, -0.2) is 0 Å². The Morgan fingerprint density at radius 3 is 1.82 bits per heavy atom. The molecule has 0 atom stereocenters. The molecule has 0 aliphatic rings. The summed E-state index contributed by atoms with van der Waals surface area (Å²) in [7, 11) is 0. The van der Waals surface area contributed by atoms with E-state index in [-0.39, 0.29) is 5.91 Å². The average molecular weight is 303 g/mol. The van der Waals surface area contributed by atoms with Crippen LogP contribution in [0.5, 0.6) is 0 Å². The van der Waals surface area contributed by atoms with Gasteiger partial charge in [-0.3, -0.25) is 4.79 Å². The Morgan fingerprint density at radius 1 is 0.909 bits per heavy atom. The fourth-order valence-corrected chi connectivity index (χ4v) is 2.61. The Labute approximate surface area is 136 Å². The fraction of sp³-hybridized carbons (Fsp3) is 0.650. The highest BCUT2D eigenvalue weighted by molar-refractivity contribution is 5.94. The summed E-state index contributed by atoms with van der Waals surface area (Å²) < 4.78 is 0. The molecule has 1 aromatic rings. The highest BCUT2D eigenvalue weighted by Gasteiger charge is 2.15. The van der Waals surface area contributed by atoms with Crippen molar-refractivity contribution in [2.75, 3.05) is 13.1 Å². The number of carbonyl (C=O) groups excluding carboxylic acids is 1. The van der Waals surface area contributed by atoms with Gasteiger partial charge < -0.3 is 4.90 Å². The molecular formula is C20H33NO. The van der Waals surface area contributed by atoms with E-state index in [1.165, 1.54) is 31.2 Å². The van der Waals surface area contributed by atoms with Crippen molar-refractivity contribution in [3.8, 4) is 0 Å². The summed E-state index contributed by atoms with van der Waals surface area (Å²) in [6.07, 6.45) is 7.00. The van der Waals surface area contributed by atoms with Crippen LogP contribution >= 0.6 is 0 Å². The molecule has 0 N–H and O–H groups in total. The van der Waals surface area contributed by atoms with Gasteiger partial charge in [-0.15, -0.1) is 0 Å². The molecule has 0 aromatic heterocycles. The Kier molecular flexibility index (Phi) is 8.88. The minimum atomic E-state index is 0.197. The summed E-state index contributed by atoms with van der Waals surface area (Å²) in [6, 6.07) is 8.16. The minimum absolute atomic E-state index is 0.197. The maximum Gasteiger partial charge on any atom is 0.253 e. The molecule has 0 heterocycles. The lowest BCUT2D eigenvalue weighted by atomic mass is 10.0. The third kappa shape index (κ3) is 6.21. The molecule has 0 spiro atoms. The first-order valence-corrected chi connectivity index (χ1v) is 8.99. The van der Waals surface area contributed by atoms with Gasteiger partial charge in [0.1, 0.15) is 0 Å². The fourth-order valence-electron chi connectivity index (χ4n) is 2.61. The van der Waals surface area contributed by atoms with Crippen LogP contribution in [0.15, 0.2) is 24.3 Å². The van der Waals surface area contributed by atoms with Crippen LogP contribution in [0.2, 0.25) is 0 Å². The lowest BCUT2D eigenvalue weighted by Crippen LogP contribution is -2.33. The van der Waals surface area contributed by atoms with Crippen LogP contribution in [0.1, 0.15) is 88.1 Å². The molecule has 1 rings (SSSR count). The maximum atomic E-state index is 12.7. The van der Waals surface area contributed by atoms with Crippen LogP contribution in [-0.4, -0.2) is 23.9 Å². The van der Waals surface area contributed by atoms with Crippen molar-refractivity contribution >= 4 is 5.91 Å². The number of unbranched alkanes of at least 4 members (excludes halogenated alkanes) is 4. The molecule has 0 fully saturated rings. The molecule has 1 aromatic carbocycles. The summed E-state index contributed by atoms with van der Waals surface area (Å²) in [5, 5.41) is 0. The average Bonchev–Trinajstić information content (AvgIpc) is 2.53. The van der Waals surface area contributed by atoms with Gasteiger partial charge in [0.25, 0.3) is 5.91 Å². The molecule has 2 nitrogen and oxygen atoms in total. The van der Waals surface area contributed by atoms with Crippen LogP contribution in [0.4, 0.5) is 0 Å². The first-order chi connectivity index (χ1) is 10.6. The molecule has 2 heteroatoms. The van der Waals surface area contributed by atoms with Gasteiger partial charge in [-0.05, 0) is 36.5 Å². The second-order valence-corrected chi connectivity index (χ2v) is 6.48. The Balaban J connectivity index is 2.71. The van der Waals surface area contributed by atoms with Crippen LogP contribution in [0, 0.1) is 0 Å². The molecule has 0 saturated heterocycles. The van der Waals surface area contributed by atoms with Crippen molar-refractivity contribution < 1.29 is 4.79 Å². The number of nitrogens with zero attached hydrogens (tertiary/aromatic N) is 1. The van der Waals surface area contributed by atoms with E-state index in [4.69, 9.17) is 0 Å². The zero-order valence-corrected chi connectivity index (χ0v) is 14.9. The first-order valence-electron chi connectivity index (χ1n) is 8.99. The highest BCUT2D eigenvalue weighted by Crippen LogP contribution is 2.16. The number of benzene rings is 1. The van der Waals surface area contributed by atoms with Gasteiger partial charge >= 0.3 is 0 Å².